The summed E-state index contributed by atoms with van der Waals surface area (Å²) >= 11 is 0. The first-order valence-electron chi connectivity index (χ1n) is 28.0. The summed E-state index contributed by atoms with van der Waals surface area (Å²) in [5.74, 6) is -2.40. The minimum Gasteiger partial charge on any atom is -0.489 e. The number of rotatable bonds is 19. The van der Waals surface area contributed by atoms with Gasteiger partial charge in [-0.1, -0.05) is 106 Å². The van der Waals surface area contributed by atoms with Crippen LogP contribution in [0, 0.1) is 11.3 Å². The molecule has 79 heavy (non-hydrogen) atoms. The summed E-state index contributed by atoms with van der Waals surface area (Å²) in [5.41, 5.74) is 5.89. The van der Waals surface area contributed by atoms with Crippen LogP contribution in [0.15, 0.2) is 109 Å². The van der Waals surface area contributed by atoms with Crippen molar-refractivity contribution in [3.8, 4) is 5.75 Å². The summed E-state index contributed by atoms with van der Waals surface area (Å²) in [5, 5.41) is 21.3. The van der Waals surface area contributed by atoms with Crippen LogP contribution in [-0.2, 0) is 54.6 Å². The van der Waals surface area contributed by atoms with Crippen LogP contribution in [0.25, 0.3) is 0 Å². The standard InChI is InChI=1S/C62H79N9O8/c1-38(63-6)55(72)67-51(60(77)71-33-13-12-24-53(71)59(76)66-50-23-15-19-43-17-9-11-21-47(43)50)34-40-27-31-45(32-28-40)79-37-41-25-29-44(30-26-41)57(74)68-52-36-70(61(78)54(62(3,4)5)69-56(73)39(2)64-7)35-48(52)58(75)65-49-22-14-18-42-16-8-10-20-46(42)49/h8-13,16-17,20-21,25-32,38-39,48-54,63-64H,14-15,18-19,22-24,33-37H2,1-7H3,(H,65,75)(H,66,76)(H,67,72)(H,68,74)(H,69,73)/t38-,39-,48-,49+,50+,51-,52+,53-,54+/m0/s1. The quantitative estimate of drug-likeness (QED) is 0.0614. The highest BCUT2D eigenvalue weighted by Crippen LogP contribution is 2.33. The molecule has 1 saturated heterocycles. The number of carbonyl (C=O) groups excluding carboxylic acids is 7. The number of ether oxygens (including phenoxy) is 1. The Bertz CT molecular complexity index is 2870. The van der Waals surface area contributed by atoms with Gasteiger partial charge in [-0.2, -0.15) is 0 Å². The van der Waals surface area contributed by atoms with Gasteiger partial charge in [0.1, 0.15) is 30.5 Å². The van der Waals surface area contributed by atoms with Crippen molar-refractivity contribution in [3.63, 3.8) is 0 Å². The SMILES string of the molecule is CN[C@@H](C)C(=O)N[C@@H](Cc1ccc(OCc2ccc(C(=O)N[C@@H]3CN(C(=O)[C@@H](NC(=O)[C@H](C)NC)C(C)(C)C)C[C@@H]3C(=O)N[C@@H]3CCCc4ccccc43)cc2)cc1)C(=O)N1CC=CC[C@H]1C(=O)N[C@@H]1CCCc2ccccc21. The van der Waals surface area contributed by atoms with Gasteiger partial charge < -0.3 is 51.8 Å². The predicted octanol–water partition coefficient (Wildman–Crippen LogP) is 5.14. The molecule has 7 amide bonds. The second-order valence-corrected chi connectivity index (χ2v) is 22.7. The van der Waals surface area contributed by atoms with Crippen LogP contribution in [-0.4, -0.2) is 121 Å². The van der Waals surface area contributed by atoms with E-state index in [0.717, 1.165) is 60.8 Å². The molecule has 4 aromatic rings. The molecule has 7 N–H and O–H groups in total. The molecule has 17 nitrogen and oxygen atoms in total. The molecule has 9 atom stereocenters. The van der Waals surface area contributed by atoms with E-state index in [1.54, 1.807) is 74.1 Å². The summed E-state index contributed by atoms with van der Waals surface area (Å²) in [7, 11) is 3.35. The number of nitrogens with zero attached hydrogens (tertiary/aromatic N) is 2. The second-order valence-electron chi connectivity index (χ2n) is 22.7. The number of hydrogen-bond donors (Lipinski definition) is 7. The van der Waals surface area contributed by atoms with Crippen molar-refractivity contribution in [3.05, 3.63) is 148 Å². The van der Waals surface area contributed by atoms with Gasteiger partial charge in [-0.15, -0.1) is 0 Å². The van der Waals surface area contributed by atoms with Gasteiger partial charge in [0, 0.05) is 31.6 Å². The fourth-order valence-corrected chi connectivity index (χ4v) is 11.1. The molecular formula is C62H79N9O8. The van der Waals surface area contributed by atoms with Crippen LogP contribution in [0.2, 0.25) is 0 Å². The van der Waals surface area contributed by atoms with Crippen molar-refractivity contribution in [2.24, 2.45) is 11.3 Å². The maximum Gasteiger partial charge on any atom is 0.251 e. The maximum atomic E-state index is 14.5. The third kappa shape index (κ3) is 14.3. The number of nitrogens with one attached hydrogen (secondary N) is 7. The number of likely N-dealkylation sites (tertiary alicyclic amines) is 1. The molecule has 0 aromatic heterocycles. The average molecular weight is 1080 g/mol. The van der Waals surface area contributed by atoms with E-state index in [1.807, 2.05) is 75.4 Å². The highest BCUT2D eigenvalue weighted by atomic mass is 16.5. The largest absolute Gasteiger partial charge is 0.489 e. The third-order valence-corrected chi connectivity index (χ3v) is 16.1. The van der Waals surface area contributed by atoms with Gasteiger partial charge in [0.05, 0.1) is 36.1 Å². The lowest BCUT2D eigenvalue weighted by molar-refractivity contribution is -0.143. The van der Waals surface area contributed by atoms with E-state index in [9.17, 15) is 33.6 Å². The maximum absolute atomic E-state index is 14.5. The van der Waals surface area contributed by atoms with E-state index in [4.69, 9.17) is 4.74 Å². The van der Waals surface area contributed by atoms with Crippen molar-refractivity contribution >= 4 is 41.4 Å². The number of hydrogen-bond acceptors (Lipinski definition) is 10. The highest BCUT2D eigenvalue weighted by molar-refractivity contribution is 5.96. The van der Waals surface area contributed by atoms with E-state index >= 15 is 0 Å². The molecule has 2 heterocycles. The average Bonchev–Trinajstić information content (AvgIpc) is 3.98. The summed E-state index contributed by atoms with van der Waals surface area (Å²) in [6.07, 6.45) is 9.72. The molecule has 0 bridgehead atoms. The van der Waals surface area contributed by atoms with Gasteiger partial charge in [0.15, 0.2) is 0 Å². The summed E-state index contributed by atoms with van der Waals surface area (Å²) in [6, 6.07) is 25.8. The molecule has 420 valence electrons. The van der Waals surface area contributed by atoms with Crippen molar-refractivity contribution in [2.75, 3.05) is 33.7 Å². The molecule has 8 rings (SSSR count). The summed E-state index contributed by atoms with van der Waals surface area (Å²) < 4.78 is 6.17. The van der Waals surface area contributed by atoms with Crippen LogP contribution < -0.4 is 42.0 Å². The Hall–Kier alpha value is -7.37. The second kappa shape index (κ2) is 26.1. The Morgan fingerprint density at radius 3 is 1.81 bits per heavy atom. The van der Waals surface area contributed by atoms with Crippen LogP contribution in [0.5, 0.6) is 5.75 Å². The minimum atomic E-state index is -0.951. The van der Waals surface area contributed by atoms with Crippen molar-refractivity contribution < 1.29 is 38.3 Å². The fraction of sp³-hybridized carbons (Fsp3) is 0.468. The number of fused-ring (bicyclic) bond motifs is 2. The smallest absolute Gasteiger partial charge is 0.251 e. The zero-order valence-corrected chi connectivity index (χ0v) is 46.7. The topological polar surface area (TPSA) is 219 Å². The molecule has 4 aromatic carbocycles. The first kappa shape index (κ1) is 57.8. The Labute approximate surface area is 464 Å². The molecular weight excluding hydrogens is 999 g/mol. The Balaban J connectivity index is 0.904. The van der Waals surface area contributed by atoms with Crippen molar-refractivity contribution in [1.29, 1.82) is 0 Å². The van der Waals surface area contributed by atoms with Crippen LogP contribution >= 0.6 is 0 Å². The first-order chi connectivity index (χ1) is 37.9. The summed E-state index contributed by atoms with van der Waals surface area (Å²) in [6.45, 7) is 9.64. The number of likely N-dealkylation sites (N-methyl/N-ethyl adjacent to an activating group) is 2. The Morgan fingerprint density at radius 1 is 0.646 bits per heavy atom. The van der Waals surface area contributed by atoms with Gasteiger partial charge in [0.2, 0.25) is 35.4 Å². The molecule has 0 spiro atoms. The predicted molar refractivity (Wildman–Crippen MR) is 302 cm³/mol. The van der Waals surface area contributed by atoms with Gasteiger partial charge in [0.25, 0.3) is 5.91 Å². The molecule has 2 aliphatic carbocycles. The van der Waals surface area contributed by atoms with Crippen LogP contribution in [0.4, 0.5) is 0 Å². The number of carbonyl (C=O) groups is 7. The van der Waals surface area contributed by atoms with Crippen LogP contribution in [0.3, 0.4) is 0 Å². The molecule has 2 aliphatic heterocycles. The zero-order chi connectivity index (χ0) is 56.4. The molecule has 4 aliphatic rings. The van der Waals surface area contributed by atoms with Gasteiger partial charge >= 0.3 is 0 Å². The highest BCUT2D eigenvalue weighted by Gasteiger charge is 2.46. The lowest BCUT2D eigenvalue weighted by Crippen LogP contribution is -2.58. The van der Waals surface area contributed by atoms with E-state index in [-0.39, 0.29) is 80.2 Å². The Morgan fingerprint density at radius 2 is 1.22 bits per heavy atom. The number of aryl methyl sites for hydroxylation is 2. The first-order valence-corrected chi connectivity index (χ1v) is 28.0. The van der Waals surface area contributed by atoms with Crippen LogP contribution in [0.1, 0.15) is 123 Å². The molecule has 0 unspecified atom stereocenters. The third-order valence-electron chi connectivity index (χ3n) is 16.1. The monoisotopic (exact) mass is 1080 g/mol. The van der Waals surface area contributed by atoms with E-state index < -0.39 is 53.5 Å². The van der Waals surface area contributed by atoms with Gasteiger partial charge in [-0.05, 0) is 136 Å². The Kier molecular flexibility index (Phi) is 19.1. The minimum absolute atomic E-state index is 0.0597. The van der Waals surface area contributed by atoms with Crippen molar-refractivity contribution in [1.82, 2.24) is 47.0 Å². The van der Waals surface area contributed by atoms with E-state index in [2.05, 4.69) is 55.4 Å². The zero-order valence-electron chi connectivity index (χ0n) is 46.7. The molecule has 1 fully saturated rings. The number of amides is 7. The van der Waals surface area contributed by atoms with E-state index in [1.165, 1.54) is 11.1 Å². The summed E-state index contributed by atoms with van der Waals surface area (Å²) in [4.78, 5) is 101. The molecule has 0 saturated carbocycles. The van der Waals surface area contributed by atoms with Gasteiger partial charge in [-0.25, -0.2) is 0 Å². The number of benzene rings is 4. The molecule has 0 radical (unpaired) electrons. The lowest BCUT2D eigenvalue weighted by Gasteiger charge is -2.36. The van der Waals surface area contributed by atoms with E-state index in [0.29, 0.717) is 17.7 Å². The fourth-order valence-electron chi connectivity index (χ4n) is 11.1. The molecule has 17 heteroatoms. The van der Waals surface area contributed by atoms with Gasteiger partial charge in [-0.3, -0.25) is 33.6 Å². The normalized spacial score (nSPS) is 21.2. The van der Waals surface area contributed by atoms with Crippen molar-refractivity contribution in [2.45, 2.75) is 141 Å². The lowest BCUT2D eigenvalue weighted by atomic mass is 9.85.